The van der Waals surface area contributed by atoms with Gasteiger partial charge in [-0.25, -0.2) is 22.0 Å². The van der Waals surface area contributed by atoms with Gasteiger partial charge in [0.25, 0.3) is 10.0 Å². The minimum atomic E-state index is -4.37. The van der Waals surface area contributed by atoms with Crippen molar-refractivity contribution >= 4 is 21.7 Å². The molecule has 0 fully saturated rings. The minimum Gasteiger partial charge on any atom is -0.476 e. The third kappa shape index (κ3) is 2.99. The van der Waals surface area contributed by atoms with E-state index < -0.39 is 38.2 Å². The molecule has 0 amide bonds. The number of rotatable bonds is 4. The molecule has 0 radical (unpaired) electrons. The van der Waals surface area contributed by atoms with Crippen molar-refractivity contribution in [2.24, 2.45) is 0 Å². The van der Waals surface area contributed by atoms with Gasteiger partial charge in [-0.3, -0.25) is 9.82 Å². The molecule has 112 valence electrons. The second-order valence-electron chi connectivity index (χ2n) is 4.10. The molecular weight excluding hydrogens is 308 g/mol. The Morgan fingerprint density at radius 3 is 2.38 bits per heavy atom. The lowest BCUT2D eigenvalue weighted by Gasteiger charge is -2.08. The molecule has 0 aliphatic rings. The molecule has 1 heterocycles. The smallest absolute Gasteiger partial charge is 0.357 e. The van der Waals surface area contributed by atoms with E-state index in [1.54, 1.807) is 0 Å². The quantitative estimate of drug-likeness (QED) is 0.791. The van der Waals surface area contributed by atoms with Crippen LogP contribution in [0.25, 0.3) is 0 Å². The number of hydrogen-bond acceptors (Lipinski definition) is 4. The van der Waals surface area contributed by atoms with E-state index in [0.29, 0.717) is 6.07 Å². The first kappa shape index (κ1) is 14.9. The summed E-state index contributed by atoms with van der Waals surface area (Å²) in [7, 11) is -4.37. The number of nitrogens with one attached hydrogen (secondary N) is 2. The highest BCUT2D eigenvalue weighted by molar-refractivity contribution is 7.92. The van der Waals surface area contributed by atoms with Gasteiger partial charge in [-0.2, -0.15) is 5.10 Å². The number of halogens is 2. The zero-order valence-corrected chi connectivity index (χ0v) is 11.3. The number of anilines is 1. The highest BCUT2D eigenvalue weighted by atomic mass is 32.2. The van der Waals surface area contributed by atoms with E-state index >= 15 is 0 Å². The second kappa shape index (κ2) is 5.13. The molecular formula is C11H9F2N3O4S. The summed E-state index contributed by atoms with van der Waals surface area (Å²) in [5, 5.41) is 14.5. The molecule has 0 aliphatic carbocycles. The molecule has 0 atom stereocenters. The molecule has 0 unspecified atom stereocenters. The Kier molecular flexibility index (Phi) is 3.64. The van der Waals surface area contributed by atoms with Crippen molar-refractivity contribution in [1.82, 2.24) is 10.2 Å². The number of sulfonamides is 1. The molecule has 0 aliphatic heterocycles. The van der Waals surface area contributed by atoms with Crippen LogP contribution in [-0.4, -0.2) is 29.7 Å². The van der Waals surface area contributed by atoms with E-state index in [-0.39, 0.29) is 11.4 Å². The van der Waals surface area contributed by atoms with Gasteiger partial charge in [-0.15, -0.1) is 0 Å². The van der Waals surface area contributed by atoms with Gasteiger partial charge >= 0.3 is 5.97 Å². The number of H-pyrrole nitrogens is 1. The van der Waals surface area contributed by atoms with Crippen LogP contribution in [-0.2, 0) is 10.0 Å². The summed E-state index contributed by atoms with van der Waals surface area (Å²) in [4.78, 5) is 10.4. The minimum absolute atomic E-state index is 0.0169. The first-order valence-corrected chi connectivity index (χ1v) is 6.96. The van der Waals surface area contributed by atoms with Crippen LogP contribution in [0.15, 0.2) is 23.1 Å². The fourth-order valence-electron chi connectivity index (χ4n) is 1.71. The van der Waals surface area contributed by atoms with E-state index in [1.165, 1.54) is 6.92 Å². The predicted octanol–water partition coefficient (Wildman–Crippen LogP) is 1.50. The topological polar surface area (TPSA) is 112 Å². The van der Waals surface area contributed by atoms with Crippen LogP contribution in [0.3, 0.4) is 0 Å². The molecule has 2 rings (SSSR count). The van der Waals surface area contributed by atoms with Crippen LogP contribution >= 0.6 is 0 Å². The van der Waals surface area contributed by atoms with Crippen LogP contribution in [0.5, 0.6) is 0 Å². The molecule has 1 aromatic heterocycles. The van der Waals surface area contributed by atoms with E-state index in [9.17, 15) is 22.0 Å². The SMILES string of the molecule is Cc1[nH]nc(C(=O)O)c1S(=O)(=O)Nc1cc(F)cc(F)c1. The predicted molar refractivity (Wildman–Crippen MR) is 67.5 cm³/mol. The van der Waals surface area contributed by atoms with Gasteiger partial charge in [0.1, 0.15) is 16.5 Å². The lowest BCUT2D eigenvalue weighted by Crippen LogP contribution is -2.17. The number of carbonyl (C=O) groups is 1. The van der Waals surface area contributed by atoms with Gasteiger partial charge in [0.05, 0.1) is 11.4 Å². The van der Waals surface area contributed by atoms with Crippen molar-refractivity contribution in [1.29, 1.82) is 0 Å². The van der Waals surface area contributed by atoms with E-state index in [0.717, 1.165) is 12.1 Å². The second-order valence-corrected chi connectivity index (χ2v) is 5.71. The van der Waals surface area contributed by atoms with Crippen molar-refractivity contribution in [2.45, 2.75) is 11.8 Å². The summed E-state index contributed by atoms with van der Waals surface area (Å²) < 4.78 is 52.3. The lowest BCUT2D eigenvalue weighted by atomic mass is 10.3. The Balaban J connectivity index is 2.48. The highest BCUT2D eigenvalue weighted by Crippen LogP contribution is 2.22. The van der Waals surface area contributed by atoms with Crippen molar-refractivity contribution in [3.8, 4) is 0 Å². The zero-order valence-electron chi connectivity index (χ0n) is 10.5. The van der Waals surface area contributed by atoms with Gasteiger partial charge in [0.2, 0.25) is 0 Å². The Hall–Kier alpha value is -2.49. The number of hydrogen-bond donors (Lipinski definition) is 3. The standard InChI is InChI=1S/C11H9F2N3O4S/c1-5-10(9(11(17)18)15-14-5)21(19,20)16-8-3-6(12)2-7(13)4-8/h2-4,16H,1H3,(H,14,15)(H,17,18). The lowest BCUT2D eigenvalue weighted by molar-refractivity contribution is 0.0686. The number of carboxylic acids is 1. The van der Waals surface area contributed by atoms with Crippen molar-refractivity contribution in [2.75, 3.05) is 4.72 Å². The van der Waals surface area contributed by atoms with Crippen LogP contribution in [0, 0.1) is 18.6 Å². The third-order valence-electron chi connectivity index (χ3n) is 2.48. The maximum Gasteiger partial charge on any atom is 0.357 e. The Morgan fingerprint density at radius 2 is 1.86 bits per heavy atom. The van der Waals surface area contributed by atoms with Crippen LogP contribution in [0.2, 0.25) is 0 Å². The van der Waals surface area contributed by atoms with Gasteiger partial charge in [0.15, 0.2) is 5.69 Å². The third-order valence-corrected chi connectivity index (χ3v) is 4.02. The summed E-state index contributed by atoms with van der Waals surface area (Å²) >= 11 is 0. The van der Waals surface area contributed by atoms with Gasteiger partial charge in [-0.05, 0) is 19.1 Å². The normalized spacial score (nSPS) is 11.4. The van der Waals surface area contributed by atoms with E-state index in [1.807, 2.05) is 4.72 Å². The number of aromatic amines is 1. The Morgan fingerprint density at radius 1 is 1.29 bits per heavy atom. The first-order chi connectivity index (χ1) is 9.70. The summed E-state index contributed by atoms with van der Waals surface area (Å²) in [6.07, 6.45) is 0. The number of aryl methyl sites for hydroxylation is 1. The highest BCUT2D eigenvalue weighted by Gasteiger charge is 2.28. The summed E-state index contributed by atoms with van der Waals surface area (Å²) in [5.41, 5.74) is -1.10. The first-order valence-electron chi connectivity index (χ1n) is 5.48. The van der Waals surface area contributed by atoms with Crippen molar-refractivity contribution in [3.63, 3.8) is 0 Å². The summed E-state index contributed by atoms with van der Waals surface area (Å²) in [5.74, 6) is -3.50. The largest absolute Gasteiger partial charge is 0.476 e. The molecule has 1 aromatic carbocycles. The average molecular weight is 317 g/mol. The van der Waals surface area contributed by atoms with E-state index in [2.05, 4.69) is 10.2 Å². The number of benzene rings is 1. The number of nitrogens with zero attached hydrogens (tertiary/aromatic N) is 1. The molecule has 3 N–H and O–H groups in total. The maximum atomic E-state index is 13.0. The molecule has 0 bridgehead atoms. The fourth-order valence-corrected chi connectivity index (χ4v) is 3.08. The molecule has 0 spiro atoms. The Labute approximate surface area is 117 Å². The van der Waals surface area contributed by atoms with Crippen molar-refractivity contribution in [3.05, 3.63) is 41.2 Å². The zero-order chi connectivity index (χ0) is 15.8. The Bertz CT molecular complexity index is 797. The summed E-state index contributed by atoms with van der Waals surface area (Å²) in [6, 6.07) is 2.09. The monoisotopic (exact) mass is 317 g/mol. The van der Waals surface area contributed by atoms with Crippen LogP contribution in [0.4, 0.5) is 14.5 Å². The van der Waals surface area contributed by atoms with E-state index in [4.69, 9.17) is 5.11 Å². The average Bonchev–Trinajstić information content (AvgIpc) is 2.69. The molecule has 2 aromatic rings. The number of carboxylic acid groups (broad SMARTS) is 1. The molecule has 10 heteroatoms. The molecule has 0 saturated carbocycles. The summed E-state index contributed by atoms with van der Waals surface area (Å²) in [6.45, 7) is 1.31. The molecule has 7 nitrogen and oxygen atoms in total. The molecule has 0 saturated heterocycles. The number of aromatic carboxylic acids is 1. The van der Waals surface area contributed by atoms with Crippen LogP contribution in [0.1, 0.15) is 16.2 Å². The van der Waals surface area contributed by atoms with Gasteiger partial charge in [0, 0.05) is 6.07 Å². The van der Waals surface area contributed by atoms with Crippen molar-refractivity contribution < 1.29 is 27.1 Å². The maximum absolute atomic E-state index is 13.0. The van der Waals surface area contributed by atoms with Crippen LogP contribution < -0.4 is 4.72 Å². The molecule has 21 heavy (non-hydrogen) atoms. The number of aromatic nitrogens is 2. The van der Waals surface area contributed by atoms with Gasteiger partial charge < -0.3 is 5.11 Å². The fraction of sp³-hybridized carbons (Fsp3) is 0.0909. The van der Waals surface area contributed by atoms with Gasteiger partial charge in [-0.1, -0.05) is 0 Å².